The Morgan fingerprint density at radius 2 is 2.04 bits per heavy atom. The number of unbranched alkanes of at least 4 members (excludes halogenated alkanes) is 1. The number of para-hydroxylation sites is 1. The van der Waals surface area contributed by atoms with Crippen molar-refractivity contribution in [2.75, 3.05) is 23.5 Å². The molecule has 0 atom stereocenters. The van der Waals surface area contributed by atoms with Crippen LogP contribution in [0, 0.1) is 0 Å². The van der Waals surface area contributed by atoms with E-state index in [4.69, 9.17) is 10.6 Å². The predicted molar refractivity (Wildman–Crippen MR) is 101 cm³/mol. The standard InChI is InChI=1S/C17H23N5O3S/c1-3-5-10-14-20-21-17(22(14)18)26-11-15(23)19-13-9-7-6-8-12(13)16(24)25-4-2/h6-9H,3-5,10-11,18H2,1-2H3,(H,19,23). The molecule has 1 amide bonds. The molecule has 0 fully saturated rings. The molecule has 2 rings (SSSR count). The van der Waals surface area contributed by atoms with Gasteiger partial charge in [0.15, 0.2) is 5.82 Å². The van der Waals surface area contributed by atoms with Crippen LogP contribution in [-0.4, -0.2) is 39.1 Å². The molecule has 1 aromatic carbocycles. The number of ether oxygens (including phenoxy) is 1. The third-order valence-electron chi connectivity index (χ3n) is 3.52. The van der Waals surface area contributed by atoms with Crippen molar-refractivity contribution < 1.29 is 14.3 Å². The SMILES string of the molecule is CCCCc1nnc(SCC(=O)Nc2ccccc2C(=O)OCC)n1N. The molecule has 9 heteroatoms. The lowest BCUT2D eigenvalue weighted by atomic mass is 10.2. The Labute approximate surface area is 156 Å². The maximum absolute atomic E-state index is 12.2. The van der Waals surface area contributed by atoms with Crippen LogP contribution in [0.2, 0.25) is 0 Å². The molecule has 8 nitrogen and oxygen atoms in total. The zero-order chi connectivity index (χ0) is 18.9. The lowest BCUT2D eigenvalue weighted by Gasteiger charge is -2.10. The minimum atomic E-state index is -0.474. The fourth-order valence-corrected chi connectivity index (χ4v) is 2.88. The Bertz CT molecular complexity index is 763. The molecular formula is C17H23N5O3S. The summed E-state index contributed by atoms with van der Waals surface area (Å²) in [6.45, 7) is 4.09. The number of aromatic nitrogens is 3. The third kappa shape index (κ3) is 5.22. The molecule has 0 aliphatic carbocycles. The number of carbonyl (C=O) groups is 2. The second kappa shape index (κ2) is 9.81. The number of aryl methyl sites for hydroxylation is 1. The maximum atomic E-state index is 12.2. The van der Waals surface area contributed by atoms with Crippen LogP contribution in [-0.2, 0) is 16.0 Å². The largest absolute Gasteiger partial charge is 0.462 e. The first-order chi connectivity index (χ1) is 12.6. The molecule has 26 heavy (non-hydrogen) atoms. The van der Waals surface area contributed by atoms with Gasteiger partial charge in [0, 0.05) is 6.42 Å². The summed E-state index contributed by atoms with van der Waals surface area (Å²) >= 11 is 1.19. The quantitative estimate of drug-likeness (QED) is 0.391. The molecule has 3 N–H and O–H groups in total. The van der Waals surface area contributed by atoms with Gasteiger partial charge in [0.25, 0.3) is 0 Å². The molecule has 1 aromatic heterocycles. The van der Waals surface area contributed by atoms with Gasteiger partial charge in [-0.15, -0.1) is 10.2 Å². The van der Waals surface area contributed by atoms with Gasteiger partial charge >= 0.3 is 5.97 Å². The second-order valence-electron chi connectivity index (χ2n) is 5.48. The summed E-state index contributed by atoms with van der Waals surface area (Å²) in [4.78, 5) is 24.2. The van der Waals surface area contributed by atoms with Crippen LogP contribution in [0.1, 0.15) is 42.9 Å². The first-order valence-electron chi connectivity index (χ1n) is 8.45. The normalized spacial score (nSPS) is 10.5. The minimum absolute atomic E-state index is 0.0975. The van der Waals surface area contributed by atoms with E-state index in [1.165, 1.54) is 16.4 Å². The van der Waals surface area contributed by atoms with E-state index >= 15 is 0 Å². The number of hydrogen-bond acceptors (Lipinski definition) is 7. The molecular weight excluding hydrogens is 354 g/mol. The smallest absolute Gasteiger partial charge is 0.340 e. The molecule has 0 radical (unpaired) electrons. The molecule has 0 bridgehead atoms. The van der Waals surface area contributed by atoms with Gasteiger partial charge in [-0.2, -0.15) is 0 Å². The van der Waals surface area contributed by atoms with Gasteiger partial charge in [0.05, 0.1) is 23.6 Å². The zero-order valence-electron chi connectivity index (χ0n) is 14.9. The van der Waals surface area contributed by atoms with Crippen molar-refractivity contribution in [2.24, 2.45) is 0 Å². The number of carbonyl (C=O) groups excluding carboxylic acids is 2. The van der Waals surface area contributed by atoms with Gasteiger partial charge in [-0.3, -0.25) is 4.79 Å². The average molecular weight is 377 g/mol. The van der Waals surface area contributed by atoms with Crippen LogP contribution in [0.4, 0.5) is 5.69 Å². The van der Waals surface area contributed by atoms with Gasteiger partial charge in [0.1, 0.15) is 0 Å². The topological polar surface area (TPSA) is 112 Å². The molecule has 0 aliphatic heterocycles. The lowest BCUT2D eigenvalue weighted by Crippen LogP contribution is -2.19. The maximum Gasteiger partial charge on any atom is 0.340 e. The van der Waals surface area contributed by atoms with Crippen molar-refractivity contribution in [1.82, 2.24) is 14.9 Å². The van der Waals surface area contributed by atoms with Crippen molar-refractivity contribution in [3.8, 4) is 0 Å². The summed E-state index contributed by atoms with van der Waals surface area (Å²) in [6, 6.07) is 6.72. The van der Waals surface area contributed by atoms with Crippen LogP contribution >= 0.6 is 11.8 Å². The number of amides is 1. The molecule has 2 aromatic rings. The van der Waals surface area contributed by atoms with E-state index in [1.54, 1.807) is 31.2 Å². The Morgan fingerprint density at radius 3 is 2.77 bits per heavy atom. The Hall–Kier alpha value is -2.55. The summed E-state index contributed by atoms with van der Waals surface area (Å²) in [5.41, 5.74) is 0.728. The van der Waals surface area contributed by atoms with Gasteiger partial charge < -0.3 is 15.9 Å². The number of nitrogens with one attached hydrogen (secondary N) is 1. The van der Waals surface area contributed by atoms with Gasteiger partial charge in [-0.05, 0) is 25.5 Å². The summed E-state index contributed by atoms with van der Waals surface area (Å²) < 4.78 is 6.41. The van der Waals surface area contributed by atoms with E-state index in [-0.39, 0.29) is 18.3 Å². The monoisotopic (exact) mass is 377 g/mol. The number of benzene rings is 1. The highest BCUT2D eigenvalue weighted by molar-refractivity contribution is 7.99. The fourth-order valence-electron chi connectivity index (χ4n) is 2.21. The molecule has 0 saturated carbocycles. The van der Waals surface area contributed by atoms with E-state index in [0.29, 0.717) is 22.2 Å². The van der Waals surface area contributed by atoms with Crippen LogP contribution in [0.15, 0.2) is 29.4 Å². The van der Waals surface area contributed by atoms with E-state index < -0.39 is 5.97 Å². The van der Waals surface area contributed by atoms with Crippen molar-refractivity contribution in [1.29, 1.82) is 0 Å². The van der Waals surface area contributed by atoms with Crippen molar-refractivity contribution >= 4 is 29.3 Å². The van der Waals surface area contributed by atoms with Crippen molar-refractivity contribution in [3.63, 3.8) is 0 Å². The third-order valence-corrected chi connectivity index (χ3v) is 4.46. The van der Waals surface area contributed by atoms with Gasteiger partial charge in [-0.25, -0.2) is 9.47 Å². The Balaban J connectivity index is 1.96. The van der Waals surface area contributed by atoms with Gasteiger partial charge in [0.2, 0.25) is 11.1 Å². The second-order valence-corrected chi connectivity index (χ2v) is 6.42. The summed E-state index contributed by atoms with van der Waals surface area (Å²) in [7, 11) is 0. The zero-order valence-corrected chi connectivity index (χ0v) is 15.7. The van der Waals surface area contributed by atoms with Crippen LogP contribution in [0.25, 0.3) is 0 Å². The summed E-state index contributed by atoms with van der Waals surface area (Å²) in [5, 5.41) is 11.3. The van der Waals surface area contributed by atoms with E-state index in [2.05, 4.69) is 22.4 Å². The average Bonchev–Trinajstić information content (AvgIpc) is 2.98. The Morgan fingerprint density at radius 1 is 1.27 bits per heavy atom. The number of esters is 1. The molecule has 0 aliphatic rings. The predicted octanol–water partition coefficient (Wildman–Crippen LogP) is 2.24. The first kappa shape index (κ1) is 19.8. The van der Waals surface area contributed by atoms with E-state index in [0.717, 1.165) is 19.3 Å². The van der Waals surface area contributed by atoms with Crippen molar-refractivity contribution in [3.05, 3.63) is 35.7 Å². The number of anilines is 1. The van der Waals surface area contributed by atoms with Crippen LogP contribution in [0.3, 0.4) is 0 Å². The highest BCUT2D eigenvalue weighted by Crippen LogP contribution is 2.19. The lowest BCUT2D eigenvalue weighted by molar-refractivity contribution is -0.113. The molecule has 0 unspecified atom stereocenters. The van der Waals surface area contributed by atoms with E-state index in [9.17, 15) is 9.59 Å². The van der Waals surface area contributed by atoms with Gasteiger partial charge in [-0.1, -0.05) is 37.2 Å². The number of nitrogens with zero attached hydrogens (tertiary/aromatic N) is 3. The first-order valence-corrected chi connectivity index (χ1v) is 9.43. The summed E-state index contributed by atoms with van der Waals surface area (Å²) in [6.07, 6.45) is 2.77. The number of nitrogen functional groups attached to an aromatic ring is 1. The van der Waals surface area contributed by atoms with Crippen LogP contribution in [0.5, 0.6) is 0 Å². The minimum Gasteiger partial charge on any atom is -0.462 e. The van der Waals surface area contributed by atoms with E-state index in [1.807, 2.05) is 0 Å². The highest BCUT2D eigenvalue weighted by atomic mass is 32.2. The number of nitrogens with two attached hydrogens (primary N) is 1. The molecule has 0 saturated heterocycles. The van der Waals surface area contributed by atoms with Crippen LogP contribution < -0.4 is 11.2 Å². The molecule has 1 heterocycles. The highest BCUT2D eigenvalue weighted by Gasteiger charge is 2.15. The number of rotatable bonds is 9. The number of thioether (sulfide) groups is 1. The fraction of sp³-hybridized carbons (Fsp3) is 0.412. The number of hydrogen-bond donors (Lipinski definition) is 2. The van der Waals surface area contributed by atoms with Crippen molar-refractivity contribution in [2.45, 2.75) is 38.3 Å². The molecule has 140 valence electrons. The summed E-state index contributed by atoms with van der Waals surface area (Å²) in [5.74, 6) is 6.01. The Kier molecular flexibility index (Phi) is 7.46. The molecule has 0 spiro atoms.